The summed E-state index contributed by atoms with van der Waals surface area (Å²) in [5, 5.41) is 14.9. The Bertz CT molecular complexity index is 1050. The molecule has 186 valence electrons. The third kappa shape index (κ3) is 6.02. The van der Waals surface area contributed by atoms with Crippen LogP contribution in [0.1, 0.15) is 63.0 Å². The Morgan fingerprint density at radius 1 is 1.00 bits per heavy atom. The fourth-order valence-corrected chi connectivity index (χ4v) is 5.31. The first-order chi connectivity index (χ1) is 16.7. The molecule has 2 aromatic carbocycles. The molecular weight excluding hydrogens is 444 g/mol. The van der Waals surface area contributed by atoms with Crippen LogP contribution in [0.3, 0.4) is 0 Å². The van der Waals surface area contributed by atoms with Gasteiger partial charge in [-0.15, -0.1) is 0 Å². The minimum atomic E-state index is -0.880. The van der Waals surface area contributed by atoms with Gasteiger partial charge >= 0.3 is 12.1 Å². The molecule has 2 atom stereocenters. The highest BCUT2D eigenvalue weighted by Gasteiger charge is 2.32. The van der Waals surface area contributed by atoms with Crippen molar-refractivity contribution in [3.8, 4) is 11.1 Å². The topological polar surface area (TPSA) is 105 Å². The summed E-state index contributed by atoms with van der Waals surface area (Å²) in [6, 6.07) is 16.3. The number of amides is 2. The summed E-state index contributed by atoms with van der Waals surface area (Å²) in [4.78, 5) is 36.3. The van der Waals surface area contributed by atoms with E-state index in [1.165, 1.54) is 22.3 Å². The number of nitrogens with one attached hydrogen (secondary N) is 2. The highest BCUT2D eigenvalue weighted by Crippen LogP contribution is 2.44. The van der Waals surface area contributed by atoms with Crippen LogP contribution in [0.5, 0.6) is 0 Å². The highest BCUT2D eigenvalue weighted by molar-refractivity contribution is 5.80. The predicted octanol–water partition coefficient (Wildman–Crippen LogP) is 4.70. The number of carbonyl (C=O) groups excluding carboxylic acids is 2. The molecular formula is C28H34N2O5. The minimum Gasteiger partial charge on any atom is -0.481 e. The second-order valence-corrected chi connectivity index (χ2v) is 10.5. The van der Waals surface area contributed by atoms with Crippen LogP contribution >= 0.6 is 0 Å². The first kappa shape index (κ1) is 24.8. The van der Waals surface area contributed by atoms with Crippen molar-refractivity contribution in [1.82, 2.24) is 10.6 Å². The Labute approximate surface area is 206 Å². The van der Waals surface area contributed by atoms with Crippen LogP contribution < -0.4 is 10.6 Å². The van der Waals surface area contributed by atoms with Gasteiger partial charge in [-0.05, 0) is 46.9 Å². The lowest BCUT2D eigenvalue weighted by Crippen LogP contribution is -2.44. The molecule has 0 aromatic heterocycles. The molecule has 0 heterocycles. The summed E-state index contributed by atoms with van der Waals surface area (Å²) in [6.45, 7) is 4.21. The number of carbonyl (C=O) groups is 3. The number of alkyl carbamates (subject to hydrolysis) is 1. The lowest BCUT2D eigenvalue weighted by molar-refractivity contribution is -0.139. The molecule has 35 heavy (non-hydrogen) atoms. The summed E-state index contributed by atoms with van der Waals surface area (Å²) in [7, 11) is 0. The van der Waals surface area contributed by atoms with Gasteiger partial charge in [0.1, 0.15) is 6.61 Å². The first-order valence-corrected chi connectivity index (χ1v) is 12.3. The average Bonchev–Trinajstić information content (AvgIpc) is 3.14. The summed E-state index contributed by atoms with van der Waals surface area (Å²) < 4.78 is 5.66. The van der Waals surface area contributed by atoms with E-state index in [0.717, 1.165) is 19.3 Å². The molecule has 7 nitrogen and oxygen atoms in total. The maximum Gasteiger partial charge on any atom is 0.407 e. The van der Waals surface area contributed by atoms with Gasteiger partial charge in [-0.1, -0.05) is 68.8 Å². The number of benzene rings is 2. The van der Waals surface area contributed by atoms with E-state index in [0.29, 0.717) is 13.0 Å². The number of hydrogen-bond donors (Lipinski definition) is 3. The minimum absolute atomic E-state index is 0.00666. The van der Waals surface area contributed by atoms with Crippen molar-refractivity contribution in [3.63, 3.8) is 0 Å². The fourth-order valence-electron chi connectivity index (χ4n) is 5.31. The van der Waals surface area contributed by atoms with E-state index in [-0.39, 0.29) is 36.8 Å². The predicted molar refractivity (Wildman–Crippen MR) is 133 cm³/mol. The molecule has 0 aliphatic heterocycles. The fraction of sp³-hybridized carbons (Fsp3) is 0.464. The third-order valence-corrected chi connectivity index (χ3v) is 7.08. The molecule has 0 bridgehead atoms. The summed E-state index contributed by atoms with van der Waals surface area (Å²) in [6.07, 6.45) is 2.48. The Hall–Kier alpha value is -3.35. The second kappa shape index (κ2) is 10.5. The zero-order valence-corrected chi connectivity index (χ0v) is 20.4. The molecule has 3 N–H and O–H groups in total. The number of hydrogen-bond acceptors (Lipinski definition) is 4. The van der Waals surface area contributed by atoms with Crippen molar-refractivity contribution in [2.45, 2.75) is 57.9 Å². The van der Waals surface area contributed by atoms with Crippen LogP contribution in [0.2, 0.25) is 0 Å². The molecule has 2 aliphatic rings. The summed E-state index contributed by atoms with van der Waals surface area (Å²) in [5.74, 6) is -1.16. The number of carboxylic acids is 1. The van der Waals surface area contributed by atoms with Gasteiger partial charge < -0.3 is 20.5 Å². The van der Waals surface area contributed by atoms with Gasteiger partial charge in [0.15, 0.2) is 0 Å². The number of rotatable bonds is 8. The maximum absolute atomic E-state index is 12.7. The van der Waals surface area contributed by atoms with Gasteiger partial charge in [-0.3, -0.25) is 9.59 Å². The van der Waals surface area contributed by atoms with Gasteiger partial charge in [0.25, 0.3) is 0 Å². The van der Waals surface area contributed by atoms with Crippen molar-refractivity contribution in [2.24, 2.45) is 11.3 Å². The normalized spacial score (nSPS) is 19.4. The monoisotopic (exact) mass is 478 g/mol. The van der Waals surface area contributed by atoms with Crippen LogP contribution in [-0.4, -0.2) is 42.3 Å². The highest BCUT2D eigenvalue weighted by atomic mass is 16.5. The Balaban J connectivity index is 1.28. The van der Waals surface area contributed by atoms with Crippen molar-refractivity contribution in [2.75, 3.05) is 13.2 Å². The maximum atomic E-state index is 12.7. The Morgan fingerprint density at radius 3 is 2.26 bits per heavy atom. The van der Waals surface area contributed by atoms with Crippen LogP contribution in [0.25, 0.3) is 11.1 Å². The molecule has 0 saturated heterocycles. The van der Waals surface area contributed by atoms with Crippen molar-refractivity contribution in [1.29, 1.82) is 0 Å². The van der Waals surface area contributed by atoms with Crippen LogP contribution in [0.15, 0.2) is 48.5 Å². The zero-order chi connectivity index (χ0) is 25.0. The van der Waals surface area contributed by atoms with E-state index in [1.807, 2.05) is 38.1 Å². The van der Waals surface area contributed by atoms with E-state index in [9.17, 15) is 14.4 Å². The molecule has 2 aliphatic carbocycles. The number of aliphatic carboxylic acids is 1. The van der Waals surface area contributed by atoms with Gasteiger partial charge in [0.2, 0.25) is 5.91 Å². The Kier molecular flexibility index (Phi) is 7.43. The molecule has 2 unspecified atom stereocenters. The molecule has 0 radical (unpaired) electrons. The number of carboxylic acid groups (broad SMARTS) is 1. The SMILES string of the molecule is CC(C)(CNC(=O)C1CCCC(NC(=O)OCC2c3ccccc3-c3ccccc32)C1)CC(=O)O. The molecule has 2 aromatic rings. The van der Waals surface area contributed by atoms with Crippen LogP contribution in [0, 0.1) is 11.3 Å². The molecule has 1 saturated carbocycles. The van der Waals surface area contributed by atoms with Gasteiger partial charge in [0, 0.05) is 24.4 Å². The lowest BCUT2D eigenvalue weighted by atomic mass is 9.84. The van der Waals surface area contributed by atoms with Gasteiger partial charge in [-0.2, -0.15) is 0 Å². The van der Waals surface area contributed by atoms with Crippen molar-refractivity contribution < 1.29 is 24.2 Å². The van der Waals surface area contributed by atoms with E-state index in [2.05, 4.69) is 34.9 Å². The standard InChI is InChI=1S/C28H34N2O5/c1-28(2,15-25(31)32)17-29-26(33)18-8-7-9-19(14-18)30-27(34)35-16-24-22-12-5-3-10-20(22)21-11-4-6-13-23(21)24/h3-6,10-13,18-19,24H,7-9,14-17H2,1-2H3,(H,29,33)(H,30,34)(H,31,32). The lowest BCUT2D eigenvalue weighted by Gasteiger charge is -2.30. The van der Waals surface area contributed by atoms with E-state index in [4.69, 9.17) is 9.84 Å². The summed E-state index contributed by atoms with van der Waals surface area (Å²) in [5.41, 5.74) is 4.19. The van der Waals surface area contributed by atoms with Crippen LogP contribution in [-0.2, 0) is 14.3 Å². The van der Waals surface area contributed by atoms with Gasteiger partial charge in [-0.25, -0.2) is 4.79 Å². The van der Waals surface area contributed by atoms with Gasteiger partial charge in [0.05, 0.1) is 6.42 Å². The van der Waals surface area contributed by atoms with Crippen molar-refractivity contribution in [3.05, 3.63) is 59.7 Å². The second-order valence-electron chi connectivity index (χ2n) is 10.5. The van der Waals surface area contributed by atoms with E-state index < -0.39 is 17.5 Å². The average molecular weight is 479 g/mol. The number of ether oxygens (including phenoxy) is 1. The van der Waals surface area contributed by atoms with E-state index >= 15 is 0 Å². The summed E-state index contributed by atoms with van der Waals surface area (Å²) >= 11 is 0. The molecule has 7 heteroatoms. The third-order valence-electron chi connectivity index (χ3n) is 7.08. The Morgan fingerprint density at radius 2 is 1.63 bits per heavy atom. The molecule has 4 rings (SSSR count). The van der Waals surface area contributed by atoms with Crippen LogP contribution in [0.4, 0.5) is 4.79 Å². The number of fused-ring (bicyclic) bond motifs is 3. The van der Waals surface area contributed by atoms with E-state index in [1.54, 1.807) is 0 Å². The molecule has 0 spiro atoms. The van der Waals surface area contributed by atoms with Crippen molar-refractivity contribution >= 4 is 18.0 Å². The zero-order valence-electron chi connectivity index (χ0n) is 20.4. The largest absolute Gasteiger partial charge is 0.481 e. The molecule has 2 amide bonds. The first-order valence-electron chi connectivity index (χ1n) is 12.3. The quantitative estimate of drug-likeness (QED) is 0.510. The molecule has 1 fully saturated rings. The smallest absolute Gasteiger partial charge is 0.407 e.